The number of phenolic OH excluding ortho intramolecular Hbond substituents is 1. The van der Waals surface area contributed by atoms with E-state index in [1.165, 1.54) is 0 Å². The van der Waals surface area contributed by atoms with Gasteiger partial charge in [-0.3, -0.25) is 10.1 Å². The van der Waals surface area contributed by atoms with Gasteiger partial charge >= 0.3 is 0 Å². The fourth-order valence-corrected chi connectivity index (χ4v) is 3.04. The summed E-state index contributed by atoms with van der Waals surface area (Å²) in [4.78, 5) is 12.3. The van der Waals surface area contributed by atoms with Crippen molar-refractivity contribution in [3.8, 4) is 5.75 Å². The first kappa shape index (κ1) is 19.4. The molecule has 2 aromatic rings. The first-order chi connectivity index (χ1) is 11.6. The minimum Gasteiger partial charge on any atom is -0.506 e. The highest BCUT2D eigenvalue weighted by Gasteiger charge is 2.15. The maximum atomic E-state index is 12.3. The molecule has 132 valence electrons. The van der Waals surface area contributed by atoms with Crippen molar-refractivity contribution in [2.45, 2.75) is 33.1 Å². The molecule has 25 heavy (non-hydrogen) atoms. The molecule has 0 aliphatic carbocycles. The highest BCUT2D eigenvalue weighted by atomic mass is 79.9. The molecule has 0 saturated heterocycles. The lowest BCUT2D eigenvalue weighted by atomic mass is 9.87. The van der Waals surface area contributed by atoms with Gasteiger partial charge in [0.15, 0.2) is 5.11 Å². The molecule has 0 unspecified atom stereocenters. The third-order valence-electron chi connectivity index (χ3n) is 3.75. The van der Waals surface area contributed by atoms with Gasteiger partial charge in [0.05, 0.1) is 4.47 Å². The first-order valence-electron chi connectivity index (χ1n) is 7.80. The van der Waals surface area contributed by atoms with Gasteiger partial charge in [0.2, 0.25) is 0 Å². The van der Waals surface area contributed by atoms with Crippen molar-refractivity contribution in [3.63, 3.8) is 0 Å². The second kappa shape index (κ2) is 7.54. The van der Waals surface area contributed by atoms with E-state index >= 15 is 0 Å². The maximum Gasteiger partial charge on any atom is 0.257 e. The summed E-state index contributed by atoms with van der Waals surface area (Å²) in [6, 6.07) is 10.9. The summed E-state index contributed by atoms with van der Waals surface area (Å²) in [5.74, 6) is -0.0908. The van der Waals surface area contributed by atoms with Crippen molar-refractivity contribution in [1.82, 2.24) is 5.32 Å². The topological polar surface area (TPSA) is 61.4 Å². The van der Waals surface area contributed by atoms with Crippen LogP contribution in [0.25, 0.3) is 0 Å². The zero-order chi connectivity index (χ0) is 18.8. The van der Waals surface area contributed by atoms with Crippen molar-refractivity contribution >= 4 is 44.9 Å². The Kier molecular flexibility index (Phi) is 5.85. The molecule has 4 nitrogen and oxygen atoms in total. The van der Waals surface area contributed by atoms with Gasteiger partial charge < -0.3 is 10.4 Å². The Hall–Kier alpha value is -1.92. The van der Waals surface area contributed by atoms with Crippen LogP contribution in [0.1, 0.15) is 42.3 Å². The van der Waals surface area contributed by atoms with E-state index < -0.39 is 0 Å². The molecule has 0 aliphatic heterocycles. The first-order valence-corrected chi connectivity index (χ1v) is 9.00. The summed E-state index contributed by atoms with van der Waals surface area (Å²) in [6.45, 7) is 8.15. The van der Waals surface area contributed by atoms with Crippen LogP contribution in [-0.2, 0) is 5.41 Å². The molecule has 0 radical (unpaired) electrons. The van der Waals surface area contributed by atoms with Crippen molar-refractivity contribution < 1.29 is 9.90 Å². The Morgan fingerprint density at radius 3 is 2.28 bits per heavy atom. The number of benzene rings is 2. The third-order valence-corrected chi connectivity index (χ3v) is 4.56. The molecule has 1 amide bonds. The predicted octanol–water partition coefficient (Wildman–Crippen LogP) is 4.89. The van der Waals surface area contributed by atoms with Gasteiger partial charge in [-0.2, -0.15) is 0 Å². The number of rotatable bonds is 2. The van der Waals surface area contributed by atoms with Crippen molar-refractivity contribution in [2.75, 3.05) is 5.32 Å². The van der Waals surface area contributed by atoms with Gasteiger partial charge in [-0.15, -0.1) is 0 Å². The van der Waals surface area contributed by atoms with Gasteiger partial charge in [-0.25, -0.2) is 0 Å². The summed E-state index contributed by atoms with van der Waals surface area (Å²) >= 11 is 8.47. The molecule has 0 spiro atoms. The van der Waals surface area contributed by atoms with Crippen LogP contribution in [0.5, 0.6) is 5.75 Å². The van der Waals surface area contributed by atoms with Crippen LogP contribution in [0, 0.1) is 6.92 Å². The van der Waals surface area contributed by atoms with Crippen LogP contribution in [0.4, 0.5) is 5.69 Å². The average Bonchev–Trinajstić information content (AvgIpc) is 2.51. The molecule has 2 rings (SSSR count). The summed E-state index contributed by atoms with van der Waals surface area (Å²) in [5.41, 5.74) is 3.12. The number of aryl methyl sites for hydroxylation is 1. The number of nitrogens with one attached hydrogen (secondary N) is 2. The Morgan fingerprint density at radius 1 is 1.16 bits per heavy atom. The Labute approximate surface area is 161 Å². The zero-order valence-corrected chi connectivity index (χ0v) is 17.0. The zero-order valence-electron chi connectivity index (χ0n) is 14.6. The number of anilines is 1. The van der Waals surface area contributed by atoms with Crippen LogP contribution < -0.4 is 10.6 Å². The Balaban J connectivity index is 2.04. The lowest BCUT2D eigenvalue weighted by Gasteiger charge is -2.19. The number of hydrogen-bond acceptors (Lipinski definition) is 3. The number of hydrogen-bond donors (Lipinski definition) is 3. The van der Waals surface area contributed by atoms with Crippen molar-refractivity contribution in [2.24, 2.45) is 0 Å². The van der Waals surface area contributed by atoms with E-state index in [4.69, 9.17) is 12.2 Å². The van der Waals surface area contributed by atoms with E-state index in [-0.39, 0.29) is 22.2 Å². The molecule has 0 aromatic heterocycles. The number of amides is 1. The van der Waals surface area contributed by atoms with Gasteiger partial charge in [-0.05, 0) is 75.9 Å². The molecule has 0 atom stereocenters. The molecular formula is C19H21BrN2O2S. The number of aromatic hydroxyl groups is 1. The highest BCUT2D eigenvalue weighted by molar-refractivity contribution is 9.10. The van der Waals surface area contributed by atoms with Crippen LogP contribution in [-0.4, -0.2) is 16.1 Å². The van der Waals surface area contributed by atoms with E-state index in [1.807, 2.05) is 12.1 Å². The molecule has 0 aliphatic rings. The normalized spacial score (nSPS) is 11.1. The van der Waals surface area contributed by atoms with Crippen LogP contribution in [0.3, 0.4) is 0 Å². The predicted molar refractivity (Wildman–Crippen MR) is 109 cm³/mol. The lowest BCUT2D eigenvalue weighted by Crippen LogP contribution is -2.34. The number of phenols is 1. The lowest BCUT2D eigenvalue weighted by molar-refractivity contribution is 0.0977. The van der Waals surface area contributed by atoms with E-state index in [0.29, 0.717) is 21.3 Å². The Bertz CT molecular complexity index is 788. The van der Waals surface area contributed by atoms with Gasteiger partial charge in [0.25, 0.3) is 5.91 Å². The summed E-state index contributed by atoms with van der Waals surface area (Å²) in [6.07, 6.45) is 0. The van der Waals surface area contributed by atoms with E-state index in [2.05, 4.69) is 47.3 Å². The fourth-order valence-electron chi connectivity index (χ4n) is 2.27. The average molecular weight is 421 g/mol. The van der Waals surface area contributed by atoms with E-state index in [9.17, 15) is 9.90 Å². The minimum absolute atomic E-state index is 0.0377. The van der Waals surface area contributed by atoms with E-state index in [0.717, 1.165) is 5.56 Å². The molecule has 0 bridgehead atoms. The van der Waals surface area contributed by atoms with E-state index in [1.54, 1.807) is 31.2 Å². The highest BCUT2D eigenvalue weighted by Crippen LogP contribution is 2.30. The number of carbonyl (C=O) groups excluding carboxylic acids is 1. The molecule has 3 N–H and O–H groups in total. The summed E-state index contributed by atoms with van der Waals surface area (Å²) in [5, 5.41) is 15.6. The second-order valence-electron chi connectivity index (χ2n) is 6.86. The Morgan fingerprint density at radius 2 is 1.76 bits per heavy atom. The molecule has 2 aromatic carbocycles. The smallest absolute Gasteiger partial charge is 0.257 e. The fraction of sp³-hybridized carbons (Fsp3) is 0.263. The number of carbonyl (C=O) groups is 1. The minimum atomic E-state index is -0.271. The molecule has 6 heteroatoms. The largest absolute Gasteiger partial charge is 0.506 e. The van der Waals surface area contributed by atoms with Gasteiger partial charge in [-0.1, -0.05) is 32.9 Å². The van der Waals surface area contributed by atoms with Crippen molar-refractivity contribution in [1.29, 1.82) is 0 Å². The number of halogens is 1. The molecule has 0 fully saturated rings. The van der Waals surface area contributed by atoms with Crippen LogP contribution >= 0.6 is 28.1 Å². The maximum absolute atomic E-state index is 12.3. The summed E-state index contributed by atoms with van der Waals surface area (Å²) in [7, 11) is 0. The SMILES string of the molecule is Cc1cc(NC(=S)NC(=O)c2ccc(C(C)(C)C)cc2)cc(Br)c1O. The molecule has 0 heterocycles. The monoisotopic (exact) mass is 420 g/mol. The molecular weight excluding hydrogens is 400 g/mol. The van der Waals surface area contributed by atoms with Crippen LogP contribution in [0.15, 0.2) is 40.9 Å². The third kappa shape index (κ3) is 5.03. The molecule has 0 saturated carbocycles. The standard InChI is InChI=1S/C19H21BrN2O2S/c1-11-9-14(10-15(20)16(11)23)21-18(25)22-17(24)12-5-7-13(8-6-12)19(2,3)4/h5-10,23H,1-4H3,(H2,21,22,24,25). The van der Waals surface area contributed by atoms with Crippen molar-refractivity contribution in [3.05, 3.63) is 57.6 Å². The number of thiocarbonyl (C=S) groups is 1. The van der Waals surface area contributed by atoms with Gasteiger partial charge in [0.1, 0.15) is 5.75 Å². The van der Waals surface area contributed by atoms with Gasteiger partial charge in [0, 0.05) is 11.3 Å². The van der Waals surface area contributed by atoms with Crippen LogP contribution in [0.2, 0.25) is 0 Å². The summed E-state index contributed by atoms with van der Waals surface area (Å²) < 4.78 is 0.557. The second-order valence-corrected chi connectivity index (χ2v) is 8.12. The quantitative estimate of drug-likeness (QED) is 0.478.